The molecule has 2 aromatic heterocycles. The molecular weight excluding hydrogens is 462 g/mol. The molecule has 4 aromatic rings. The fourth-order valence-electron chi connectivity index (χ4n) is 2.92. The molecule has 0 saturated carbocycles. The van der Waals surface area contributed by atoms with Gasteiger partial charge in [-0.2, -0.15) is 5.10 Å². The molecule has 2 aromatic carbocycles. The number of hydrogen-bond acceptors (Lipinski definition) is 6. The second-order valence-corrected chi connectivity index (χ2v) is 9.31. The van der Waals surface area contributed by atoms with Crippen LogP contribution in [0.4, 0.5) is 0 Å². The first-order chi connectivity index (χ1) is 15.5. The minimum Gasteiger partial charge on any atom is -0.272 e. The molecule has 6 nitrogen and oxygen atoms in total. The number of hydrazone groups is 1. The van der Waals surface area contributed by atoms with Crippen molar-refractivity contribution in [2.75, 3.05) is 5.75 Å². The van der Waals surface area contributed by atoms with Crippen molar-refractivity contribution in [2.24, 2.45) is 5.10 Å². The first kappa shape index (κ1) is 22.3. The van der Waals surface area contributed by atoms with Gasteiger partial charge < -0.3 is 0 Å². The zero-order chi connectivity index (χ0) is 22.5. The maximum atomic E-state index is 12.4. The Bertz CT molecular complexity index is 1230. The van der Waals surface area contributed by atoms with Gasteiger partial charge in [0.15, 0.2) is 11.0 Å². The Kier molecular flexibility index (Phi) is 7.04. The van der Waals surface area contributed by atoms with Gasteiger partial charge in [-0.05, 0) is 61.7 Å². The summed E-state index contributed by atoms with van der Waals surface area (Å²) in [7, 11) is 0. The van der Waals surface area contributed by atoms with Crippen LogP contribution < -0.4 is 5.43 Å². The summed E-state index contributed by atoms with van der Waals surface area (Å²) in [6, 6.07) is 19.4. The molecule has 0 fully saturated rings. The van der Waals surface area contributed by atoms with Crippen LogP contribution in [-0.2, 0) is 4.79 Å². The average molecular weight is 482 g/mol. The Hall–Kier alpha value is -2.94. The van der Waals surface area contributed by atoms with Gasteiger partial charge in [0.05, 0.1) is 11.5 Å². The van der Waals surface area contributed by atoms with Crippen molar-refractivity contribution < 1.29 is 4.79 Å². The number of hydrogen-bond donors (Lipinski definition) is 1. The fraction of sp³-hybridized carbons (Fsp3) is 0.130. The number of nitrogens with zero attached hydrogens (tertiary/aromatic N) is 4. The average Bonchev–Trinajstić information content (AvgIpc) is 3.48. The van der Waals surface area contributed by atoms with E-state index >= 15 is 0 Å². The number of carbonyl (C=O) groups excluding carboxylic acids is 1. The number of carbonyl (C=O) groups is 1. The van der Waals surface area contributed by atoms with E-state index in [9.17, 15) is 4.79 Å². The first-order valence-electron chi connectivity index (χ1n) is 9.79. The van der Waals surface area contributed by atoms with Crippen LogP contribution in [0.3, 0.4) is 0 Å². The van der Waals surface area contributed by atoms with E-state index in [0.717, 1.165) is 27.4 Å². The van der Waals surface area contributed by atoms with E-state index in [1.807, 2.05) is 84.5 Å². The number of nitrogens with one attached hydrogen (secondary N) is 1. The van der Waals surface area contributed by atoms with Gasteiger partial charge in [-0.3, -0.25) is 9.36 Å². The number of thiophene rings is 1. The van der Waals surface area contributed by atoms with E-state index in [2.05, 4.69) is 20.7 Å². The third-order valence-corrected chi connectivity index (χ3v) is 6.75. The summed E-state index contributed by atoms with van der Waals surface area (Å²) in [6.07, 6.45) is 0. The first-order valence-corrected chi connectivity index (χ1v) is 12.0. The molecule has 0 atom stereocenters. The largest absolute Gasteiger partial charge is 0.272 e. The van der Waals surface area contributed by atoms with Crippen LogP contribution in [0.2, 0.25) is 5.02 Å². The number of rotatable bonds is 7. The summed E-state index contributed by atoms with van der Waals surface area (Å²) < 4.78 is 1.95. The highest BCUT2D eigenvalue weighted by atomic mass is 35.5. The van der Waals surface area contributed by atoms with E-state index in [1.165, 1.54) is 11.8 Å². The third kappa shape index (κ3) is 5.27. The molecule has 162 valence electrons. The lowest BCUT2D eigenvalue weighted by atomic mass is 10.2. The predicted octanol–water partition coefficient (Wildman–Crippen LogP) is 5.59. The van der Waals surface area contributed by atoms with Crippen LogP contribution in [0.1, 0.15) is 17.4 Å². The molecule has 32 heavy (non-hydrogen) atoms. The number of halogens is 1. The molecule has 0 bridgehead atoms. The van der Waals surface area contributed by atoms with Gasteiger partial charge in [0.2, 0.25) is 0 Å². The van der Waals surface area contributed by atoms with E-state index in [0.29, 0.717) is 16.0 Å². The molecule has 0 spiro atoms. The summed E-state index contributed by atoms with van der Waals surface area (Å²) >= 11 is 8.93. The molecule has 9 heteroatoms. The number of aromatic nitrogens is 3. The van der Waals surface area contributed by atoms with Gasteiger partial charge in [0.1, 0.15) is 0 Å². The van der Waals surface area contributed by atoms with Crippen LogP contribution in [0.5, 0.6) is 0 Å². The Balaban J connectivity index is 1.55. The van der Waals surface area contributed by atoms with E-state index in [4.69, 9.17) is 11.6 Å². The lowest BCUT2D eigenvalue weighted by Gasteiger charge is -2.11. The fourth-order valence-corrected chi connectivity index (χ4v) is 4.47. The zero-order valence-electron chi connectivity index (χ0n) is 17.4. The highest BCUT2D eigenvalue weighted by Crippen LogP contribution is 2.28. The van der Waals surface area contributed by atoms with Gasteiger partial charge in [0, 0.05) is 21.2 Å². The summed E-state index contributed by atoms with van der Waals surface area (Å²) in [5.41, 5.74) is 6.34. The van der Waals surface area contributed by atoms with E-state index in [-0.39, 0.29) is 11.7 Å². The van der Waals surface area contributed by atoms with Crippen LogP contribution in [-0.4, -0.2) is 32.1 Å². The maximum absolute atomic E-state index is 12.4. The van der Waals surface area contributed by atoms with Crippen LogP contribution in [0.25, 0.3) is 17.1 Å². The molecule has 0 aliphatic rings. The lowest BCUT2D eigenvalue weighted by Crippen LogP contribution is -2.21. The van der Waals surface area contributed by atoms with Gasteiger partial charge in [-0.1, -0.05) is 47.1 Å². The van der Waals surface area contributed by atoms with Gasteiger partial charge >= 0.3 is 0 Å². The van der Waals surface area contributed by atoms with Crippen LogP contribution in [0, 0.1) is 6.92 Å². The topological polar surface area (TPSA) is 72.2 Å². The summed E-state index contributed by atoms with van der Waals surface area (Å²) in [5, 5.41) is 16.2. The monoisotopic (exact) mass is 481 g/mol. The van der Waals surface area contributed by atoms with Gasteiger partial charge in [0.25, 0.3) is 5.91 Å². The van der Waals surface area contributed by atoms with Gasteiger partial charge in [-0.15, -0.1) is 21.5 Å². The number of aryl methyl sites for hydroxylation is 1. The Morgan fingerprint density at radius 2 is 1.88 bits per heavy atom. The molecule has 0 radical (unpaired) electrons. The van der Waals surface area contributed by atoms with Crippen molar-refractivity contribution >= 4 is 46.3 Å². The van der Waals surface area contributed by atoms with E-state index in [1.54, 1.807) is 11.3 Å². The van der Waals surface area contributed by atoms with Gasteiger partial charge in [-0.25, -0.2) is 5.43 Å². The molecule has 1 amide bonds. The minimum atomic E-state index is -0.211. The molecule has 0 aliphatic heterocycles. The highest BCUT2D eigenvalue weighted by molar-refractivity contribution is 7.99. The SMILES string of the molecule is C/C(=N\NC(=O)CSc1nnc(-c2ccc(Cl)cc2)n1-c1ccc(C)cc1)c1cccs1. The summed E-state index contributed by atoms with van der Waals surface area (Å²) in [4.78, 5) is 13.4. The van der Waals surface area contributed by atoms with Crippen molar-refractivity contribution in [3.05, 3.63) is 81.5 Å². The van der Waals surface area contributed by atoms with E-state index < -0.39 is 0 Å². The normalized spacial score (nSPS) is 11.5. The standard InChI is InChI=1S/C23H20ClN5OS2/c1-15-5-11-19(12-6-15)29-22(17-7-9-18(24)10-8-17)27-28-23(29)32-14-21(30)26-25-16(2)20-4-3-13-31-20/h3-13H,14H2,1-2H3,(H,26,30)/b25-16+. The van der Waals surface area contributed by atoms with Crippen LogP contribution >= 0.6 is 34.7 Å². The number of amides is 1. The second-order valence-electron chi connectivity index (χ2n) is 6.98. The third-order valence-electron chi connectivity index (χ3n) is 4.59. The Labute approximate surface area is 199 Å². The molecule has 0 saturated heterocycles. The predicted molar refractivity (Wildman–Crippen MR) is 132 cm³/mol. The lowest BCUT2D eigenvalue weighted by molar-refractivity contribution is -0.118. The second kappa shape index (κ2) is 10.1. The number of thioether (sulfide) groups is 1. The van der Waals surface area contributed by atoms with Crippen molar-refractivity contribution in [3.8, 4) is 17.1 Å². The summed E-state index contributed by atoms with van der Waals surface area (Å²) in [6.45, 7) is 3.90. The smallest absolute Gasteiger partial charge is 0.250 e. The van der Waals surface area contributed by atoms with Crippen LogP contribution in [0.15, 0.2) is 76.3 Å². The summed E-state index contributed by atoms with van der Waals surface area (Å²) in [5.74, 6) is 0.628. The molecule has 0 aliphatic carbocycles. The van der Waals surface area contributed by atoms with Crippen molar-refractivity contribution in [2.45, 2.75) is 19.0 Å². The zero-order valence-corrected chi connectivity index (χ0v) is 19.8. The van der Waals surface area contributed by atoms with Crippen molar-refractivity contribution in [1.82, 2.24) is 20.2 Å². The maximum Gasteiger partial charge on any atom is 0.250 e. The molecule has 1 N–H and O–H groups in total. The Morgan fingerprint density at radius 3 is 2.56 bits per heavy atom. The molecule has 4 rings (SSSR count). The minimum absolute atomic E-state index is 0.159. The van der Waals surface area contributed by atoms with Crippen molar-refractivity contribution in [1.29, 1.82) is 0 Å². The Morgan fingerprint density at radius 1 is 1.12 bits per heavy atom. The molecule has 0 unspecified atom stereocenters. The molecular formula is C23H20ClN5OS2. The molecule has 2 heterocycles. The van der Waals surface area contributed by atoms with Crippen molar-refractivity contribution in [3.63, 3.8) is 0 Å². The quantitative estimate of drug-likeness (QED) is 0.212. The number of benzene rings is 2. The highest BCUT2D eigenvalue weighted by Gasteiger charge is 2.17.